The maximum Gasteiger partial charge on any atom is 0.136 e. The summed E-state index contributed by atoms with van der Waals surface area (Å²) in [4.78, 5) is 14.0. The van der Waals surface area contributed by atoms with Gasteiger partial charge in [0, 0.05) is 19.3 Å². The summed E-state index contributed by atoms with van der Waals surface area (Å²) >= 11 is 0. The molecule has 0 aliphatic carbocycles. The number of nitrogens with zero attached hydrogens (tertiary/aromatic N) is 3. The Morgan fingerprint density at radius 3 is 1.21 bits per heavy atom. The fraction of sp³-hybridized carbons (Fsp3) is 0.840. The molecule has 0 amide bonds. The van der Waals surface area contributed by atoms with E-state index in [1.165, 1.54) is 103 Å². The molecule has 0 aliphatic heterocycles. The Morgan fingerprint density at radius 1 is 0.500 bits per heavy atom. The van der Waals surface area contributed by atoms with Gasteiger partial charge in [0.25, 0.3) is 0 Å². The van der Waals surface area contributed by atoms with E-state index in [1.807, 2.05) is 13.3 Å². The number of hydrogen-bond acceptors (Lipinski definition) is 3. The summed E-state index contributed by atoms with van der Waals surface area (Å²) in [6.45, 7) is 6.58. The Morgan fingerprint density at radius 2 is 0.857 bits per heavy atom. The average Bonchev–Trinajstić information content (AvgIpc) is 2.71. The Kier molecular flexibility index (Phi) is 16.2. The Balaban J connectivity index is 2.22. The maximum atomic E-state index is 4.76. The van der Waals surface area contributed by atoms with Gasteiger partial charge in [-0.1, -0.05) is 111 Å². The second-order valence-corrected chi connectivity index (χ2v) is 8.26. The van der Waals surface area contributed by atoms with Crippen molar-refractivity contribution in [1.82, 2.24) is 15.0 Å². The largest absolute Gasteiger partial charge is 0.218 e. The third-order valence-electron chi connectivity index (χ3n) is 5.51. The number of unbranched alkanes of at least 4 members (excludes halogenated alkanes) is 14. The maximum absolute atomic E-state index is 4.76. The average molecular weight is 389 g/mol. The monoisotopic (exact) mass is 388 g/mol. The number of aryl methyl sites for hydroxylation is 2. The zero-order valence-electron chi connectivity index (χ0n) is 19.1. The molecule has 0 bridgehead atoms. The summed E-state index contributed by atoms with van der Waals surface area (Å²) in [5.74, 6) is 2.87. The fourth-order valence-electron chi connectivity index (χ4n) is 3.68. The predicted octanol–water partition coefficient (Wildman–Crippen LogP) is 7.81. The molecule has 0 unspecified atom stereocenters. The first-order valence-electron chi connectivity index (χ1n) is 12.3. The molecule has 3 heteroatoms. The molecule has 0 saturated heterocycles. The van der Waals surface area contributed by atoms with E-state index in [2.05, 4.69) is 23.8 Å². The number of rotatable bonds is 19. The van der Waals surface area contributed by atoms with E-state index < -0.39 is 0 Å². The van der Waals surface area contributed by atoms with Crippen molar-refractivity contribution in [3.63, 3.8) is 0 Å². The second kappa shape index (κ2) is 18.1. The summed E-state index contributed by atoms with van der Waals surface area (Å²) in [6.07, 6.45) is 25.6. The number of hydrogen-bond donors (Lipinski definition) is 0. The minimum absolute atomic E-state index is 0.860. The van der Waals surface area contributed by atoms with Crippen LogP contribution in [0.4, 0.5) is 0 Å². The Labute approximate surface area is 175 Å². The zero-order valence-corrected chi connectivity index (χ0v) is 19.1. The van der Waals surface area contributed by atoms with E-state index in [4.69, 9.17) is 4.98 Å². The predicted molar refractivity (Wildman–Crippen MR) is 122 cm³/mol. The van der Waals surface area contributed by atoms with Crippen molar-refractivity contribution in [3.8, 4) is 0 Å². The van der Waals surface area contributed by atoms with Crippen LogP contribution in [-0.2, 0) is 12.8 Å². The third kappa shape index (κ3) is 13.2. The lowest BCUT2D eigenvalue weighted by molar-refractivity contribution is 0.564. The van der Waals surface area contributed by atoms with Gasteiger partial charge < -0.3 is 0 Å². The lowest BCUT2D eigenvalue weighted by atomic mass is 10.1. The SMILES string of the molecule is C[CH]c1nc(CCCCCCCCCC)nc(CCCCCCCCCC)n1. The van der Waals surface area contributed by atoms with Crippen LogP contribution >= 0.6 is 0 Å². The van der Waals surface area contributed by atoms with E-state index in [9.17, 15) is 0 Å². The zero-order chi connectivity index (χ0) is 20.3. The molecule has 0 atom stereocenters. The number of aromatic nitrogens is 3. The van der Waals surface area contributed by atoms with Gasteiger partial charge in [0.2, 0.25) is 0 Å². The van der Waals surface area contributed by atoms with Crippen molar-refractivity contribution < 1.29 is 0 Å². The molecule has 1 aromatic heterocycles. The van der Waals surface area contributed by atoms with Crippen LogP contribution in [-0.4, -0.2) is 15.0 Å². The minimum atomic E-state index is 0.860. The Bertz CT molecular complexity index is 435. The highest BCUT2D eigenvalue weighted by Gasteiger charge is 2.06. The van der Waals surface area contributed by atoms with Crippen molar-refractivity contribution in [2.75, 3.05) is 0 Å². The van der Waals surface area contributed by atoms with Crippen molar-refractivity contribution in [1.29, 1.82) is 0 Å². The van der Waals surface area contributed by atoms with Crippen molar-refractivity contribution in [2.24, 2.45) is 0 Å². The van der Waals surface area contributed by atoms with Crippen LogP contribution in [0.15, 0.2) is 0 Å². The van der Waals surface area contributed by atoms with E-state index in [-0.39, 0.29) is 0 Å². The van der Waals surface area contributed by atoms with Crippen molar-refractivity contribution >= 4 is 0 Å². The quantitative estimate of drug-likeness (QED) is 0.227. The van der Waals surface area contributed by atoms with E-state index in [0.29, 0.717) is 0 Å². The topological polar surface area (TPSA) is 38.7 Å². The summed E-state index contributed by atoms with van der Waals surface area (Å²) in [7, 11) is 0. The molecule has 28 heavy (non-hydrogen) atoms. The third-order valence-corrected chi connectivity index (χ3v) is 5.51. The molecule has 161 valence electrons. The van der Waals surface area contributed by atoms with Gasteiger partial charge in [-0.05, 0) is 12.8 Å². The van der Waals surface area contributed by atoms with Gasteiger partial charge in [0.1, 0.15) is 17.5 Å². The molecule has 0 spiro atoms. The van der Waals surface area contributed by atoms with E-state index in [1.54, 1.807) is 0 Å². The van der Waals surface area contributed by atoms with Crippen LogP contribution in [0.5, 0.6) is 0 Å². The molecule has 0 saturated carbocycles. The lowest BCUT2D eigenvalue weighted by Crippen LogP contribution is -2.07. The van der Waals surface area contributed by atoms with Gasteiger partial charge in [-0.25, -0.2) is 15.0 Å². The van der Waals surface area contributed by atoms with Crippen LogP contribution in [0.3, 0.4) is 0 Å². The smallest absolute Gasteiger partial charge is 0.136 e. The first kappa shape index (κ1) is 25.0. The van der Waals surface area contributed by atoms with Gasteiger partial charge >= 0.3 is 0 Å². The van der Waals surface area contributed by atoms with Crippen LogP contribution in [0.25, 0.3) is 0 Å². The van der Waals surface area contributed by atoms with Crippen LogP contribution < -0.4 is 0 Å². The summed E-state index contributed by atoms with van der Waals surface area (Å²) in [5.41, 5.74) is 0. The van der Waals surface area contributed by atoms with Crippen LogP contribution in [0, 0.1) is 6.42 Å². The van der Waals surface area contributed by atoms with Crippen molar-refractivity contribution in [2.45, 2.75) is 136 Å². The molecule has 3 nitrogen and oxygen atoms in total. The Hall–Kier alpha value is -0.990. The van der Waals surface area contributed by atoms with Crippen LogP contribution in [0.2, 0.25) is 0 Å². The normalized spacial score (nSPS) is 11.2. The fourth-order valence-corrected chi connectivity index (χ4v) is 3.68. The molecule has 1 rings (SSSR count). The minimum Gasteiger partial charge on any atom is -0.218 e. The van der Waals surface area contributed by atoms with Gasteiger partial charge in [-0.3, -0.25) is 0 Å². The van der Waals surface area contributed by atoms with Gasteiger partial charge in [-0.15, -0.1) is 0 Å². The molecule has 1 radical (unpaired) electrons. The molecule has 0 aromatic carbocycles. The van der Waals surface area contributed by atoms with Crippen LogP contribution in [0.1, 0.15) is 141 Å². The molecular weight excluding hydrogens is 342 g/mol. The molecule has 0 aliphatic rings. The molecular formula is C25H46N3. The van der Waals surface area contributed by atoms with E-state index in [0.717, 1.165) is 30.3 Å². The highest BCUT2D eigenvalue weighted by molar-refractivity contribution is 5.04. The molecule has 1 heterocycles. The van der Waals surface area contributed by atoms with Crippen molar-refractivity contribution in [3.05, 3.63) is 23.9 Å². The molecule has 0 N–H and O–H groups in total. The summed E-state index contributed by atoms with van der Waals surface area (Å²) < 4.78 is 0. The van der Waals surface area contributed by atoms with Gasteiger partial charge in [-0.2, -0.15) is 0 Å². The molecule has 1 aromatic rings. The highest BCUT2D eigenvalue weighted by atomic mass is 15.0. The highest BCUT2D eigenvalue weighted by Crippen LogP contribution is 2.12. The standard InChI is InChI=1S/C25H46N3/c1-4-7-9-11-13-15-17-19-21-24-26-23(6-3)27-25(28-24)22-20-18-16-14-12-10-8-5-2/h6H,4-5,7-22H2,1-3H3. The lowest BCUT2D eigenvalue weighted by Gasteiger charge is -2.07. The van der Waals surface area contributed by atoms with Gasteiger partial charge in [0.05, 0.1) is 0 Å². The first-order chi connectivity index (χ1) is 13.8. The summed E-state index contributed by atoms with van der Waals surface area (Å²) in [6, 6.07) is 0. The van der Waals surface area contributed by atoms with E-state index >= 15 is 0 Å². The first-order valence-corrected chi connectivity index (χ1v) is 12.3. The second-order valence-electron chi connectivity index (χ2n) is 8.26. The summed E-state index contributed by atoms with van der Waals surface area (Å²) in [5, 5.41) is 0. The van der Waals surface area contributed by atoms with Gasteiger partial charge in [0.15, 0.2) is 0 Å². The molecule has 0 fully saturated rings.